The standard InChI is InChI=1S/C12H20N4OS/c1-12(2,3)10-9(18-15-14-10)11(17)16-5-4-8(6-13)7-16/h8H,4-7,13H2,1-3H3. The zero-order chi connectivity index (χ0) is 13.3. The predicted molar refractivity (Wildman–Crippen MR) is 71.7 cm³/mol. The Morgan fingerprint density at radius 3 is 2.83 bits per heavy atom. The van der Waals surface area contributed by atoms with Gasteiger partial charge in [-0.2, -0.15) is 0 Å². The minimum Gasteiger partial charge on any atom is -0.338 e. The van der Waals surface area contributed by atoms with Gasteiger partial charge in [-0.3, -0.25) is 4.79 Å². The van der Waals surface area contributed by atoms with Crippen LogP contribution in [0, 0.1) is 5.92 Å². The lowest BCUT2D eigenvalue weighted by molar-refractivity contribution is 0.0789. The highest BCUT2D eigenvalue weighted by Gasteiger charge is 2.32. The summed E-state index contributed by atoms with van der Waals surface area (Å²) in [5.41, 5.74) is 6.31. The zero-order valence-corrected chi connectivity index (χ0v) is 12.0. The van der Waals surface area contributed by atoms with E-state index in [0.29, 0.717) is 17.3 Å². The van der Waals surface area contributed by atoms with Gasteiger partial charge in [0.05, 0.1) is 5.69 Å². The van der Waals surface area contributed by atoms with Crippen LogP contribution in [0.5, 0.6) is 0 Å². The van der Waals surface area contributed by atoms with Gasteiger partial charge in [-0.15, -0.1) is 5.10 Å². The van der Waals surface area contributed by atoms with E-state index < -0.39 is 0 Å². The molecule has 1 aliphatic rings. The minimum absolute atomic E-state index is 0.0610. The van der Waals surface area contributed by atoms with E-state index in [2.05, 4.69) is 9.59 Å². The quantitative estimate of drug-likeness (QED) is 0.876. The number of nitrogens with zero attached hydrogens (tertiary/aromatic N) is 3. The second-order valence-electron chi connectivity index (χ2n) is 5.84. The number of amides is 1. The molecule has 1 saturated heterocycles. The summed E-state index contributed by atoms with van der Waals surface area (Å²) >= 11 is 1.20. The van der Waals surface area contributed by atoms with E-state index in [-0.39, 0.29) is 11.3 Å². The molecule has 0 bridgehead atoms. The lowest BCUT2D eigenvalue weighted by Crippen LogP contribution is -2.31. The summed E-state index contributed by atoms with van der Waals surface area (Å²) in [4.78, 5) is 15.0. The maximum atomic E-state index is 12.5. The molecule has 2 heterocycles. The monoisotopic (exact) mass is 268 g/mol. The number of rotatable bonds is 2. The molecule has 100 valence electrons. The average molecular weight is 268 g/mol. The third-order valence-electron chi connectivity index (χ3n) is 3.30. The van der Waals surface area contributed by atoms with Gasteiger partial charge in [0, 0.05) is 18.5 Å². The molecule has 5 nitrogen and oxygen atoms in total. The van der Waals surface area contributed by atoms with Gasteiger partial charge in [-0.25, -0.2) is 0 Å². The first-order valence-corrected chi connectivity index (χ1v) is 7.03. The first-order valence-electron chi connectivity index (χ1n) is 6.25. The maximum absolute atomic E-state index is 12.5. The summed E-state index contributed by atoms with van der Waals surface area (Å²) in [6.07, 6.45) is 0.999. The van der Waals surface area contributed by atoms with E-state index >= 15 is 0 Å². The fourth-order valence-electron chi connectivity index (χ4n) is 2.17. The molecule has 0 saturated carbocycles. The smallest absolute Gasteiger partial charge is 0.267 e. The van der Waals surface area contributed by atoms with Crippen molar-refractivity contribution >= 4 is 17.4 Å². The second-order valence-corrected chi connectivity index (χ2v) is 6.60. The van der Waals surface area contributed by atoms with Crippen molar-refractivity contribution in [1.29, 1.82) is 0 Å². The summed E-state index contributed by atoms with van der Waals surface area (Å²) in [5.74, 6) is 0.499. The Morgan fingerprint density at radius 1 is 1.56 bits per heavy atom. The predicted octanol–water partition coefficient (Wildman–Crippen LogP) is 1.26. The molecule has 1 unspecified atom stereocenters. The molecule has 18 heavy (non-hydrogen) atoms. The van der Waals surface area contributed by atoms with Crippen molar-refractivity contribution in [1.82, 2.24) is 14.5 Å². The molecule has 0 radical (unpaired) electrons. The van der Waals surface area contributed by atoms with Gasteiger partial charge in [0.25, 0.3) is 5.91 Å². The molecule has 1 amide bonds. The molecule has 2 N–H and O–H groups in total. The van der Waals surface area contributed by atoms with Crippen LogP contribution in [0.4, 0.5) is 0 Å². The number of likely N-dealkylation sites (tertiary alicyclic amines) is 1. The van der Waals surface area contributed by atoms with Gasteiger partial charge in [-0.05, 0) is 30.4 Å². The van der Waals surface area contributed by atoms with E-state index in [0.717, 1.165) is 25.2 Å². The SMILES string of the molecule is CC(C)(C)c1nnsc1C(=O)N1CCC(CN)C1. The molecule has 1 aliphatic heterocycles. The van der Waals surface area contributed by atoms with E-state index in [1.54, 1.807) is 0 Å². The van der Waals surface area contributed by atoms with Crippen molar-refractivity contribution in [3.63, 3.8) is 0 Å². The molecule has 1 aromatic rings. The van der Waals surface area contributed by atoms with E-state index in [1.165, 1.54) is 11.5 Å². The van der Waals surface area contributed by atoms with Gasteiger partial charge in [0.2, 0.25) is 0 Å². The van der Waals surface area contributed by atoms with Crippen molar-refractivity contribution in [3.05, 3.63) is 10.6 Å². The van der Waals surface area contributed by atoms with Gasteiger partial charge < -0.3 is 10.6 Å². The van der Waals surface area contributed by atoms with Crippen LogP contribution < -0.4 is 5.73 Å². The number of carbonyl (C=O) groups is 1. The lowest BCUT2D eigenvalue weighted by atomic mass is 9.91. The maximum Gasteiger partial charge on any atom is 0.267 e. The molecule has 2 rings (SSSR count). The highest BCUT2D eigenvalue weighted by Crippen LogP contribution is 2.28. The Bertz CT molecular complexity index is 438. The summed E-state index contributed by atoms with van der Waals surface area (Å²) in [6, 6.07) is 0. The largest absolute Gasteiger partial charge is 0.338 e. The Labute approximate surface area is 112 Å². The molecule has 1 fully saturated rings. The number of carbonyl (C=O) groups excluding carboxylic acids is 1. The number of hydrogen-bond acceptors (Lipinski definition) is 5. The first-order chi connectivity index (χ1) is 8.43. The summed E-state index contributed by atoms with van der Waals surface area (Å²) in [6.45, 7) is 8.35. The molecule has 0 aromatic carbocycles. The van der Waals surface area contributed by atoms with Crippen LogP contribution in [0.2, 0.25) is 0 Å². The van der Waals surface area contributed by atoms with Crippen molar-refractivity contribution in [2.75, 3.05) is 19.6 Å². The van der Waals surface area contributed by atoms with Gasteiger partial charge in [0.1, 0.15) is 4.88 Å². The highest BCUT2D eigenvalue weighted by atomic mass is 32.1. The molecule has 0 aliphatic carbocycles. The van der Waals surface area contributed by atoms with Crippen molar-refractivity contribution in [2.24, 2.45) is 11.7 Å². The van der Waals surface area contributed by atoms with Crippen molar-refractivity contribution in [3.8, 4) is 0 Å². The normalized spacial score (nSPS) is 20.4. The topological polar surface area (TPSA) is 72.1 Å². The average Bonchev–Trinajstić information content (AvgIpc) is 2.96. The summed E-state index contributed by atoms with van der Waals surface area (Å²) in [7, 11) is 0. The van der Waals surface area contributed by atoms with Crippen LogP contribution in [-0.2, 0) is 5.41 Å². The van der Waals surface area contributed by atoms with E-state index in [9.17, 15) is 4.79 Å². The number of aromatic nitrogens is 2. The van der Waals surface area contributed by atoms with Crippen LogP contribution in [-0.4, -0.2) is 40.0 Å². The lowest BCUT2D eigenvalue weighted by Gasteiger charge is -2.19. The first kappa shape index (κ1) is 13.4. The fourth-order valence-corrected chi connectivity index (χ4v) is 3.02. The van der Waals surface area contributed by atoms with E-state index in [4.69, 9.17) is 5.73 Å². The van der Waals surface area contributed by atoms with Crippen molar-refractivity contribution in [2.45, 2.75) is 32.6 Å². The zero-order valence-electron chi connectivity index (χ0n) is 11.1. The number of nitrogens with two attached hydrogens (primary N) is 1. The van der Waals surface area contributed by atoms with Crippen LogP contribution in [0.1, 0.15) is 42.6 Å². The van der Waals surface area contributed by atoms with E-state index in [1.807, 2.05) is 25.7 Å². The molecule has 1 aromatic heterocycles. The second kappa shape index (κ2) is 4.93. The van der Waals surface area contributed by atoms with Crippen LogP contribution in [0.25, 0.3) is 0 Å². The number of hydrogen-bond donors (Lipinski definition) is 1. The molecular weight excluding hydrogens is 248 g/mol. The van der Waals surface area contributed by atoms with Gasteiger partial charge >= 0.3 is 0 Å². The van der Waals surface area contributed by atoms with Crippen LogP contribution in [0.15, 0.2) is 0 Å². The Hall–Kier alpha value is -1.01. The molecule has 6 heteroatoms. The minimum atomic E-state index is -0.148. The Kier molecular flexibility index (Phi) is 3.68. The van der Waals surface area contributed by atoms with Gasteiger partial charge in [-0.1, -0.05) is 25.3 Å². The third kappa shape index (κ3) is 2.54. The fraction of sp³-hybridized carbons (Fsp3) is 0.750. The third-order valence-corrected chi connectivity index (χ3v) is 4.01. The Balaban J connectivity index is 2.18. The van der Waals surface area contributed by atoms with Crippen LogP contribution >= 0.6 is 11.5 Å². The summed E-state index contributed by atoms with van der Waals surface area (Å²) in [5, 5.41) is 4.12. The van der Waals surface area contributed by atoms with Crippen molar-refractivity contribution < 1.29 is 4.79 Å². The highest BCUT2D eigenvalue weighted by molar-refractivity contribution is 7.08. The molecule has 0 spiro atoms. The Morgan fingerprint density at radius 2 is 2.28 bits per heavy atom. The summed E-state index contributed by atoms with van der Waals surface area (Å²) < 4.78 is 3.94. The van der Waals surface area contributed by atoms with Crippen LogP contribution in [0.3, 0.4) is 0 Å². The molecular formula is C12H20N4OS. The molecule has 1 atom stereocenters. The van der Waals surface area contributed by atoms with Gasteiger partial charge in [0.15, 0.2) is 0 Å².